The third-order valence-corrected chi connectivity index (χ3v) is 3.38. The first kappa shape index (κ1) is 17.0. The Morgan fingerprint density at radius 3 is 2.57 bits per heavy atom. The first-order valence-corrected chi connectivity index (χ1v) is 7.33. The second kappa shape index (κ2) is 7.23. The Bertz CT molecular complexity index is 732. The van der Waals surface area contributed by atoms with Crippen LogP contribution in [-0.4, -0.2) is 35.9 Å². The summed E-state index contributed by atoms with van der Waals surface area (Å²) < 4.78 is 19.4. The van der Waals surface area contributed by atoms with Crippen LogP contribution in [0.1, 0.15) is 30.2 Å². The zero-order valence-corrected chi connectivity index (χ0v) is 13.4. The monoisotopic (exact) mass is 321 g/mol. The molecule has 2 aromatic rings. The van der Waals surface area contributed by atoms with Crippen molar-refractivity contribution in [1.29, 1.82) is 0 Å². The number of amides is 1. The minimum absolute atomic E-state index is 0.0152. The number of benzene rings is 1. The molecule has 0 aliphatic rings. The molecule has 0 saturated heterocycles. The maximum atomic E-state index is 13.1. The maximum absolute atomic E-state index is 13.1. The van der Waals surface area contributed by atoms with Crippen molar-refractivity contribution in [3.8, 4) is 11.3 Å². The highest BCUT2D eigenvalue weighted by molar-refractivity contribution is 5.99. The third-order valence-electron chi connectivity index (χ3n) is 3.38. The summed E-state index contributed by atoms with van der Waals surface area (Å²) in [6.45, 7) is 4.31. The molecule has 0 atom stereocenters. The molecule has 1 heterocycles. The Hall–Kier alpha value is -2.41. The molecule has 124 valence electrons. The molecule has 0 saturated carbocycles. The molecule has 1 aromatic carbocycles. The van der Waals surface area contributed by atoms with Gasteiger partial charge in [-0.2, -0.15) is 0 Å². The van der Waals surface area contributed by atoms with Crippen LogP contribution in [0.4, 0.5) is 4.39 Å². The average molecular weight is 321 g/mol. The van der Waals surface area contributed by atoms with Crippen molar-refractivity contribution in [2.75, 3.05) is 20.3 Å². The zero-order chi connectivity index (χ0) is 17.0. The fourth-order valence-corrected chi connectivity index (χ4v) is 2.21. The predicted molar refractivity (Wildman–Crippen MR) is 85.0 cm³/mol. The van der Waals surface area contributed by atoms with E-state index in [1.807, 2.05) is 13.8 Å². The molecular weight excluding hydrogens is 301 g/mol. The van der Waals surface area contributed by atoms with Gasteiger partial charge in [-0.25, -0.2) is 9.07 Å². The van der Waals surface area contributed by atoms with Gasteiger partial charge in [0.2, 0.25) is 0 Å². The van der Waals surface area contributed by atoms with Gasteiger partial charge in [0.05, 0.1) is 12.3 Å². The van der Waals surface area contributed by atoms with E-state index in [1.54, 1.807) is 0 Å². The highest BCUT2D eigenvalue weighted by Crippen LogP contribution is 2.21. The molecule has 23 heavy (non-hydrogen) atoms. The van der Waals surface area contributed by atoms with Crippen molar-refractivity contribution in [2.24, 2.45) is 0 Å². The summed E-state index contributed by atoms with van der Waals surface area (Å²) in [7, 11) is 1.53. The topological polar surface area (TPSA) is 76.1 Å². The standard InChI is InChI=1S/C16H20FN3O3/c1-10(2)20-16(22)13(15(21)18-8-9-23-3)14(19-20)11-4-6-12(17)7-5-11/h4-7,10,19H,8-9H2,1-3H3,(H,18,21). The van der Waals surface area contributed by atoms with Crippen molar-refractivity contribution in [3.05, 3.63) is 46.0 Å². The molecule has 1 aromatic heterocycles. The summed E-state index contributed by atoms with van der Waals surface area (Å²) in [5.74, 6) is -0.868. The summed E-state index contributed by atoms with van der Waals surface area (Å²) in [5.41, 5.74) is 0.550. The number of carbonyl (C=O) groups excluding carboxylic acids is 1. The smallest absolute Gasteiger partial charge is 0.280 e. The first-order valence-electron chi connectivity index (χ1n) is 7.33. The molecule has 1 amide bonds. The van der Waals surface area contributed by atoms with Gasteiger partial charge in [-0.05, 0) is 38.1 Å². The van der Waals surface area contributed by atoms with E-state index in [-0.39, 0.29) is 17.4 Å². The second-order valence-corrected chi connectivity index (χ2v) is 5.39. The molecule has 0 unspecified atom stereocenters. The van der Waals surface area contributed by atoms with Crippen molar-refractivity contribution >= 4 is 5.91 Å². The number of ether oxygens (including phenoxy) is 1. The lowest BCUT2D eigenvalue weighted by atomic mass is 10.1. The van der Waals surface area contributed by atoms with Crippen molar-refractivity contribution in [3.63, 3.8) is 0 Å². The molecule has 2 N–H and O–H groups in total. The number of hydrogen-bond acceptors (Lipinski definition) is 3. The third kappa shape index (κ3) is 3.68. The summed E-state index contributed by atoms with van der Waals surface area (Å²) in [4.78, 5) is 24.9. The van der Waals surface area contributed by atoms with Crippen LogP contribution in [0, 0.1) is 5.82 Å². The van der Waals surface area contributed by atoms with E-state index in [1.165, 1.54) is 36.1 Å². The molecule has 2 rings (SSSR count). The van der Waals surface area contributed by atoms with E-state index < -0.39 is 11.5 Å². The maximum Gasteiger partial charge on any atom is 0.280 e. The van der Waals surface area contributed by atoms with Crippen LogP contribution in [-0.2, 0) is 4.74 Å². The predicted octanol–water partition coefficient (Wildman–Crippen LogP) is 1.94. The fourth-order valence-electron chi connectivity index (χ4n) is 2.21. The van der Waals surface area contributed by atoms with Gasteiger partial charge in [-0.1, -0.05) is 0 Å². The van der Waals surface area contributed by atoms with E-state index >= 15 is 0 Å². The van der Waals surface area contributed by atoms with Crippen LogP contribution < -0.4 is 10.9 Å². The Morgan fingerprint density at radius 2 is 2.00 bits per heavy atom. The van der Waals surface area contributed by atoms with Gasteiger partial charge in [0.15, 0.2) is 0 Å². The van der Waals surface area contributed by atoms with Crippen LogP contribution in [0.25, 0.3) is 11.3 Å². The Balaban J connectivity index is 2.48. The van der Waals surface area contributed by atoms with Gasteiger partial charge in [-0.3, -0.25) is 14.7 Å². The Labute approximate surface area is 133 Å². The largest absolute Gasteiger partial charge is 0.383 e. The van der Waals surface area contributed by atoms with Crippen LogP contribution in [0.3, 0.4) is 0 Å². The number of aromatic nitrogens is 2. The molecular formula is C16H20FN3O3. The minimum Gasteiger partial charge on any atom is -0.383 e. The lowest BCUT2D eigenvalue weighted by Gasteiger charge is -2.05. The van der Waals surface area contributed by atoms with E-state index in [2.05, 4.69) is 10.4 Å². The number of H-pyrrole nitrogens is 1. The van der Waals surface area contributed by atoms with E-state index in [9.17, 15) is 14.0 Å². The SMILES string of the molecule is COCCNC(=O)c1c(-c2ccc(F)cc2)[nH]n(C(C)C)c1=O. The molecule has 0 aliphatic carbocycles. The summed E-state index contributed by atoms with van der Waals surface area (Å²) in [6, 6.07) is 5.48. The molecule has 6 nitrogen and oxygen atoms in total. The normalized spacial score (nSPS) is 11.0. The highest BCUT2D eigenvalue weighted by atomic mass is 19.1. The molecule has 0 aliphatic heterocycles. The molecule has 0 bridgehead atoms. The van der Waals surface area contributed by atoms with Gasteiger partial charge in [0.1, 0.15) is 11.4 Å². The van der Waals surface area contributed by atoms with Crippen LogP contribution >= 0.6 is 0 Å². The van der Waals surface area contributed by atoms with Crippen LogP contribution in [0.15, 0.2) is 29.1 Å². The number of halogens is 1. The quantitative estimate of drug-likeness (QED) is 0.798. The zero-order valence-electron chi connectivity index (χ0n) is 13.4. The Morgan fingerprint density at radius 1 is 1.35 bits per heavy atom. The van der Waals surface area contributed by atoms with Gasteiger partial charge in [0.25, 0.3) is 11.5 Å². The number of nitrogens with one attached hydrogen (secondary N) is 2. The summed E-state index contributed by atoms with van der Waals surface area (Å²) in [5, 5.41) is 5.59. The number of hydrogen-bond donors (Lipinski definition) is 2. The number of carbonyl (C=O) groups is 1. The average Bonchev–Trinajstić information content (AvgIpc) is 2.86. The van der Waals surface area contributed by atoms with E-state index in [4.69, 9.17) is 4.74 Å². The van der Waals surface area contributed by atoms with E-state index in [0.717, 1.165) is 0 Å². The van der Waals surface area contributed by atoms with Crippen LogP contribution in [0.5, 0.6) is 0 Å². The van der Waals surface area contributed by atoms with Crippen molar-refractivity contribution in [1.82, 2.24) is 15.1 Å². The van der Waals surface area contributed by atoms with Gasteiger partial charge < -0.3 is 10.1 Å². The second-order valence-electron chi connectivity index (χ2n) is 5.39. The highest BCUT2D eigenvalue weighted by Gasteiger charge is 2.23. The Kier molecular flexibility index (Phi) is 5.33. The summed E-state index contributed by atoms with van der Waals surface area (Å²) in [6.07, 6.45) is 0. The number of nitrogens with zero attached hydrogens (tertiary/aromatic N) is 1. The van der Waals surface area contributed by atoms with Crippen molar-refractivity contribution in [2.45, 2.75) is 19.9 Å². The lowest BCUT2D eigenvalue weighted by molar-refractivity contribution is 0.0936. The van der Waals surface area contributed by atoms with Crippen LogP contribution in [0.2, 0.25) is 0 Å². The summed E-state index contributed by atoms with van der Waals surface area (Å²) >= 11 is 0. The molecule has 7 heteroatoms. The lowest BCUT2D eigenvalue weighted by Crippen LogP contribution is -2.32. The van der Waals surface area contributed by atoms with Gasteiger partial charge in [-0.15, -0.1) is 0 Å². The minimum atomic E-state index is -0.484. The molecule has 0 radical (unpaired) electrons. The van der Waals surface area contributed by atoms with E-state index in [0.29, 0.717) is 24.4 Å². The molecule has 0 spiro atoms. The number of methoxy groups -OCH3 is 1. The van der Waals surface area contributed by atoms with Gasteiger partial charge >= 0.3 is 0 Å². The van der Waals surface area contributed by atoms with Crippen molar-refractivity contribution < 1.29 is 13.9 Å². The number of aromatic amines is 1. The number of rotatable bonds is 6. The molecule has 0 fully saturated rings. The fraction of sp³-hybridized carbons (Fsp3) is 0.375. The van der Waals surface area contributed by atoms with Gasteiger partial charge in [0, 0.05) is 25.3 Å². The first-order chi connectivity index (χ1) is 11.0.